The molecule has 0 atom stereocenters. The lowest BCUT2D eigenvalue weighted by molar-refractivity contribution is -0.889. The smallest absolute Gasteiger partial charge is 0.303 e. The van der Waals surface area contributed by atoms with E-state index in [9.17, 15) is 20.0 Å². The van der Waals surface area contributed by atoms with Crippen LogP contribution in [0.3, 0.4) is 0 Å². The van der Waals surface area contributed by atoms with E-state index in [-0.39, 0.29) is 19.2 Å². The maximum Gasteiger partial charge on any atom is 0.303 e. The summed E-state index contributed by atoms with van der Waals surface area (Å²) in [6.45, 7) is 8.61. The summed E-state index contributed by atoms with van der Waals surface area (Å²) in [5.41, 5.74) is 7.33. The Bertz CT molecular complexity index is 2910. The molecule has 0 bridgehead atoms. The van der Waals surface area contributed by atoms with Gasteiger partial charge in [0.2, 0.25) is 11.9 Å². The number of esters is 1. The van der Waals surface area contributed by atoms with Gasteiger partial charge in [0.05, 0.1) is 76.2 Å². The molecule has 1 N–H and O–H groups in total. The molecule has 0 saturated carbocycles. The number of pyridine rings is 7. The molecule has 69 heavy (non-hydrogen) atoms. The Morgan fingerprint density at radius 1 is 0.609 bits per heavy atom. The zero-order chi connectivity index (χ0) is 51.4. The minimum atomic E-state index is -0.357. The van der Waals surface area contributed by atoms with Gasteiger partial charge in [0.25, 0.3) is 0 Å². The average Bonchev–Trinajstić information content (AvgIpc) is 3.38. The molecule has 7 heterocycles. The van der Waals surface area contributed by atoms with E-state index in [0.29, 0.717) is 56.9 Å². The minimum absolute atomic E-state index is 0.116. The van der Waals surface area contributed by atoms with Gasteiger partial charge in [0.1, 0.15) is 19.4 Å². The number of hydrogen-bond donors (Lipinski definition) is 1. The van der Waals surface area contributed by atoms with Gasteiger partial charge in [-0.3, -0.25) is 34.4 Å². The van der Waals surface area contributed by atoms with E-state index in [1.807, 2.05) is 74.7 Å². The minimum Gasteiger partial charge on any atom is -0.619 e. The molecule has 7 rings (SSSR count). The lowest BCUT2D eigenvalue weighted by atomic mass is 10.2. The van der Waals surface area contributed by atoms with Crippen molar-refractivity contribution in [2.75, 3.05) is 7.11 Å². The van der Waals surface area contributed by atoms with Crippen molar-refractivity contribution in [1.29, 1.82) is 26.3 Å². The molecular formula is C50H47N12O7+. The highest BCUT2D eigenvalue weighted by Gasteiger charge is 2.01. The monoisotopic (exact) mass is 927 g/mol. The second-order valence-corrected chi connectivity index (χ2v) is 13.2. The van der Waals surface area contributed by atoms with Gasteiger partial charge in [-0.15, -0.1) is 0 Å². The van der Waals surface area contributed by atoms with Gasteiger partial charge in [-0.05, 0) is 61.5 Å². The number of carbonyl (C=O) groups is 2. The topological polar surface area (TPSA) is 301 Å². The van der Waals surface area contributed by atoms with Crippen molar-refractivity contribution in [3.8, 4) is 30.3 Å². The third-order valence-corrected chi connectivity index (χ3v) is 8.00. The first kappa shape index (κ1) is 57.0. The van der Waals surface area contributed by atoms with Gasteiger partial charge in [-0.25, -0.2) is 0 Å². The summed E-state index contributed by atoms with van der Waals surface area (Å²) >= 11 is 0. The first-order valence-corrected chi connectivity index (χ1v) is 20.0. The summed E-state index contributed by atoms with van der Waals surface area (Å²) in [7, 11) is 1.65. The van der Waals surface area contributed by atoms with E-state index in [4.69, 9.17) is 41.0 Å². The molecule has 0 aromatic carbocycles. The van der Waals surface area contributed by atoms with Crippen molar-refractivity contribution < 1.29 is 38.5 Å². The van der Waals surface area contributed by atoms with Crippen LogP contribution in [0.4, 0.5) is 0 Å². The number of rotatable bonds is 5. The first-order valence-electron chi connectivity index (χ1n) is 20.0. The highest BCUT2D eigenvalue weighted by molar-refractivity contribution is 5.72. The number of aliphatic hydroxyl groups is 1. The molecule has 0 amide bonds. The fraction of sp³-hybridized carbons (Fsp3) is 0.160. The lowest BCUT2D eigenvalue weighted by Gasteiger charge is -2.00. The number of aliphatic hydroxyl groups excluding tert-OH is 1. The number of aryl methyl sites for hydroxylation is 4. The molecule has 19 nitrogen and oxygen atoms in total. The molecule has 0 unspecified atom stereocenters. The molecule has 0 fully saturated rings. The number of aromatic nitrogens is 7. The normalized spacial score (nSPS) is 8.78. The Morgan fingerprint density at radius 2 is 1.09 bits per heavy atom. The Hall–Kier alpha value is -10.0. The molecular weight excluding hydrogens is 881 g/mol. The third kappa shape index (κ3) is 24.6. The summed E-state index contributed by atoms with van der Waals surface area (Å²) in [6.07, 6.45) is 11.4. The standard InChI is InChI=1S/C9H8N2O2.2C7H6N2O.C7H4N2O.C7H6N2.C7H10NO.C6H7NO/c1-7(12)13-6-9-4-8(5-10)2-3-11-9;1-6-4-7(5-8)2-3-9(6)10;2*8-4-6-1-2-9-7(3-6)5-10;1-6-4-7(5-8)2-3-9-6;1-7-5-3-4-6-8(7)9-2;1-6-4-2-3-5-7(6)8/h2-4H,6H2,1H3;2-4H,1H3;1-3,10H,5H2;1-3,5H;2-4H,1H3;3-6H,1-2H3;2-5H,1H3/q;;;;;+1;. The highest BCUT2D eigenvalue weighted by Crippen LogP contribution is 2.02. The SMILES string of the molecule is CC(=O)OCc1cc(C#N)ccn1.CO[n+]1ccccc1C.Cc1cc(C#N)cc[n+]1[O-].Cc1cc(C#N)ccn1.Cc1cccc[n+]1[O-].N#Cc1ccnc(C=O)c1.N#Cc1ccnc(CO)c1. The van der Waals surface area contributed by atoms with E-state index < -0.39 is 0 Å². The van der Waals surface area contributed by atoms with Crippen molar-refractivity contribution in [3.05, 3.63) is 219 Å². The molecule has 0 saturated heterocycles. The summed E-state index contributed by atoms with van der Waals surface area (Å²) in [5, 5.41) is 71.9. The van der Waals surface area contributed by atoms with E-state index in [2.05, 4.69) is 19.9 Å². The fourth-order valence-corrected chi connectivity index (χ4v) is 4.54. The van der Waals surface area contributed by atoms with Crippen LogP contribution >= 0.6 is 0 Å². The number of nitriles is 5. The molecule has 7 aromatic rings. The third-order valence-electron chi connectivity index (χ3n) is 8.00. The quantitative estimate of drug-likeness (QED) is 0.103. The van der Waals surface area contributed by atoms with Crippen LogP contribution in [0, 0.1) is 94.8 Å². The van der Waals surface area contributed by atoms with Gasteiger partial charge >= 0.3 is 5.97 Å². The number of hydrogen-bond acceptors (Lipinski definition) is 16. The first-order chi connectivity index (χ1) is 33.2. The van der Waals surface area contributed by atoms with Gasteiger partial charge in [0.15, 0.2) is 30.1 Å². The van der Waals surface area contributed by atoms with Crippen molar-refractivity contribution in [2.45, 2.75) is 47.8 Å². The second kappa shape index (κ2) is 33.5. The Kier molecular flexibility index (Phi) is 27.7. The Balaban J connectivity index is 0.000000404. The Labute approximate surface area is 399 Å². The van der Waals surface area contributed by atoms with E-state index in [1.54, 1.807) is 92.5 Å². The van der Waals surface area contributed by atoms with Crippen LogP contribution in [0.5, 0.6) is 0 Å². The van der Waals surface area contributed by atoms with Crippen LogP contribution < -0.4 is 19.0 Å². The zero-order valence-electron chi connectivity index (χ0n) is 38.5. The number of carbonyl (C=O) groups excluding carboxylic acids is 2. The largest absolute Gasteiger partial charge is 0.619 e. The summed E-state index contributed by atoms with van der Waals surface area (Å²) in [5.74, 6) is -0.357. The van der Waals surface area contributed by atoms with Gasteiger partial charge in [0, 0.05) is 99.3 Å². The molecule has 0 aliphatic carbocycles. The summed E-state index contributed by atoms with van der Waals surface area (Å²) in [4.78, 5) is 40.9. The van der Waals surface area contributed by atoms with Crippen molar-refractivity contribution in [2.24, 2.45) is 0 Å². The van der Waals surface area contributed by atoms with Crippen molar-refractivity contribution >= 4 is 12.3 Å². The molecule has 0 aliphatic heterocycles. The van der Waals surface area contributed by atoms with Crippen LogP contribution in [0.25, 0.3) is 0 Å². The highest BCUT2D eigenvalue weighted by atomic mass is 16.6. The molecule has 348 valence electrons. The van der Waals surface area contributed by atoms with Gasteiger partial charge in [-0.1, -0.05) is 6.07 Å². The molecule has 19 heteroatoms. The van der Waals surface area contributed by atoms with Crippen molar-refractivity contribution in [3.63, 3.8) is 0 Å². The number of nitrogens with zero attached hydrogens (tertiary/aromatic N) is 12. The molecule has 0 radical (unpaired) electrons. The van der Waals surface area contributed by atoms with Crippen LogP contribution in [0.1, 0.15) is 79.4 Å². The maximum atomic E-state index is 10.7. The van der Waals surface area contributed by atoms with E-state index in [1.165, 1.54) is 50.0 Å². The van der Waals surface area contributed by atoms with Crippen LogP contribution in [-0.4, -0.2) is 44.4 Å². The van der Waals surface area contributed by atoms with Crippen molar-refractivity contribution in [1.82, 2.24) is 19.9 Å². The average molecular weight is 928 g/mol. The molecule has 7 aromatic heterocycles. The Morgan fingerprint density at radius 3 is 1.52 bits per heavy atom. The predicted molar refractivity (Wildman–Crippen MR) is 246 cm³/mol. The molecule has 0 aliphatic rings. The number of aldehydes is 1. The van der Waals surface area contributed by atoms with Gasteiger partial charge < -0.3 is 20.3 Å². The van der Waals surface area contributed by atoms with Crippen LogP contribution in [-0.2, 0) is 22.7 Å². The van der Waals surface area contributed by atoms with E-state index in [0.717, 1.165) is 26.5 Å². The zero-order valence-corrected chi connectivity index (χ0v) is 38.5. The van der Waals surface area contributed by atoms with Crippen LogP contribution in [0.15, 0.2) is 140 Å². The fourth-order valence-electron chi connectivity index (χ4n) is 4.54. The predicted octanol–water partition coefficient (Wildman–Crippen LogP) is 4.96. The van der Waals surface area contributed by atoms with Gasteiger partial charge in [-0.2, -0.15) is 35.8 Å². The molecule has 0 spiro atoms. The maximum absolute atomic E-state index is 10.7. The lowest BCUT2D eigenvalue weighted by Crippen LogP contribution is -2.42. The summed E-state index contributed by atoms with van der Waals surface area (Å²) < 4.78 is 7.98. The second-order valence-electron chi connectivity index (χ2n) is 13.2. The van der Waals surface area contributed by atoms with Crippen LogP contribution in [0.2, 0.25) is 0 Å². The summed E-state index contributed by atoms with van der Waals surface area (Å²) in [6, 6.07) is 36.8. The number of ether oxygens (including phenoxy) is 1. The van der Waals surface area contributed by atoms with E-state index >= 15 is 0 Å².